The summed E-state index contributed by atoms with van der Waals surface area (Å²) in [6, 6.07) is 19.0. The first kappa shape index (κ1) is 22.3. The Morgan fingerprint density at radius 1 is 0.750 bits per heavy atom. The lowest BCUT2D eigenvalue weighted by Gasteiger charge is -2.09. The van der Waals surface area contributed by atoms with E-state index in [1.165, 1.54) is 24.0 Å². The SMILES string of the molecule is CC1C[C@@H](c2nc(Cl)c(-c3ccc(-c4ccc(-c5cnc([C@@H]6C[C@H]7C[C@H]7N6)[nH]5)cc4)cc3)[nH]2)N[C@@H]1C. The number of nitrogens with one attached hydrogen (secondary N) is 4. The highest BCUT2D eigenvalue weighted by atomic mass is 35.5. The van der Waals surface area contributed by atoms with Crippen LogP contribution in [0, 0.1) is 11.8 Å². The van der Waals surface area contributed by atoms with Crippen molar-refractivity contribution in [2.24, 2.45) is 11.8 Å². The van der Waals surface area contributed by atoms with E-state index in [-0.39, 0.29) is 6.04 Å². The molecule has 184 valence electrons. The largest absolute Gasteiger partial charge is 0.341 e. The van der Waals surface area contributed by atoms with E-state index in [4.69, 9.17) is 11.6 Å². The molecule has 6 nitrogen and oxygen atoms in total. The Balaban J connectivity index is 1.06. The van der Waals surface area contributed by atoms with Crippen LogP contribution in [0.25, 0.3) is 33.6 Å². The smallest absolute Gasteiger partial charge is 0.155 e. The lowest BCUT2D eigenvalue weighted by molar-refractivity contribution is 0.516. The number of aromatic amines is 2. The van der Waals surface area contributed by atoms with Crippen molar-refractivity contribution in [2.45, 2.75) is 57.3 Å². The van der Waals surface area contributed by atoms with Gasteiger partial charge in [0.15, 0.2) is 5.15 Å². The van der Waals surface area contributed by atoms with Crippen LogP contribution in [-0.4, -0.2) is 32.0 Å². The topological polar surface area (TPSA) is 81.4 Å². The molecule has 7 heteroatoms. The fraction of sp³-hybridized carbons (Fsp3) is 0.379. The second-order valence-electron chi connectivity index (χ2n) is 10.9. The molecule has 7 rings (SSSR count). The van der Waals surface area contributed by atoms with Crippen LogP contribution in [0.4, 0.5) is 0 Å². The van der Waals surface area contributed by atoms with Crippen molar-refractivity contribution in [3.05, 3.63) is 71.5 Å². The number of piperidine rings is 1. The fourth-order valence-corrected chi connectivity index (χ4v) is 6.15. The predicted octanol–water partition coefficient (Wildman–Crippen LogP) is 6.27. The summed E-state index contributed by atoms with van der Waals surface area (Å²) in [6.45, 7) is 4.50. The first-order valence-corrected chi connectivity index (χ1v) is 13.4. The van der Waals surface area contributed by atoms with Gasteiger partial charge < -0.3 is 20.6 Å². The quantitative estimate of drug-likeness (QED) is 0.261. The van der Waals surface area contributed by atoms with E-state index in [0.717, 1.165) is 52.5 Å². The normalized spacial score (nSPS) is 29.0. The van der Waals surface area contributed by atoms with Crippen LogP contribution in [-0.2, 0) is 0 Å². The van der Waals surface area contributed by atoms with Crippen LogP contribution in [0.1, 0.15) is 56.8 Å². The van der Waals surface area contributed by atoms with Gasteiger partial charge in [-0.2, -0.15) is 0 Å². The van der Waals surface area contributed by atoms with Gasteiger partial charge in [0.2, 0.25) is 0 Å². The van der Waals surface area contributed by atoms with Gasteiger partial charge in [-0.3, -0.25) is 0 Å². The van der Waals surface area contributed by atoms with Crippen LogP contribution in [0.3, 0.4) is 0 Å². The molecule has 3 aliphatic rings. The first-order chi connectivity index (χ1) is 17.5. The minimum absolute atomic E-state index is 0.227. The monoisotopic (exact) mass is 498 g/mol. The average Bonchev–Trinajstić information content (AvgIpc) is 3.36. The van der Waals surface area contributed by atoms with Crippen LogP contribution in [0.2, 0.25) is 5.15 Å². The molecule has 36 heavy (non-hydrogen) atoms. The van der Waals surface area contributed by atoms with Gasteiger partial charge in [-0.25, -0.2) is 9.97 Å². The van der Waals surface area contributed by atoms with Gasteiger partial charge in [0.1, 0.15) is 11.6 Å². The molecule has 2 aromatic heterocycles. The van der Waals surface area contributed by atoms with Crippen molar-refractivity contribution in [1.82, 2.24) is 30.6 Å². The van der Waals surface area contributed by atoms with E-state index in [1.54, 1.807) is 0 Å². The van der Waals surface area contributed by atoms with E-state index >= 15 is 0 Å². The van der Waals surface area contributed by atoms with Gasteiger partial charge >= 0.3 is 0 Å². The highest BCUT2D eigenvalue weighted by Gasteiger charge is 2.46. The molecule has 1 saturated carbocycles. The summed E-state index contributed by atoms with van der Waals surface area (Å²) in [5.41, 5.74) is 6.49. The average molecular weight is 499 g/mol. The molecule has 4 aromatic rings. The van der Waals surface area contributed by atoms with E-state index in [2.05, 4.69) is 92.9 Å². The molecular weight excluding hydrogens is 468 g/mol. The van der Waals surface area contributed by atoms with Crippen molar-refractivity contribution in [2.75, 3.05) is 0 Å². The van der Waals surface area contributed by atoms with Crippen molar-refractivity contribution in [3.63, 3.8) is 0 Å². The number of nitrogens with zero attached hydrogens (tertiary/aromatic N) is 2. The lowest BCUT2D eigenvalue weighted by Crippen LogP contribution is -2.24. The summed E-state index contributed by atoms with van der Waals surface area (Å²) < 4.78 is 0. The maximum Gasteiger partial charge on any atom is 0.155 e. The van der Waals surface area contributed by atoms with Gasteiger partial charge in [-0.1, -0.05) is 67.1 Å². The lowest BCUT2D eigenvalue weighted by atomic mass is 10.0. The summed E-state index contributed by atoms with van der Waals surface area (Å²) >= 11 is 6.53. The Morgan fingerprint density at radius 3 is 2.06 bits per heavy atom. The predicted molar refractivity (Wildman–Crippen MR) is 144 cm³/mol. The molecule has 0 bridgehead atoms. The van der Waals surface area contributed by atoms with Crippen LogP contribution in [0.15, 0.2) is 54.7 Å². The number of hydrogen-bond acceptors (Lipinski definition) is 4. The number of hydrogen-bond donors (Lipinski definition) is 4. The number of aromatic nitrogens is 4. The Morgan fingerprint density at radius 2 is 1.42 bits per heavy atom. The summed E-state index contributed by atoms with van der Waals surface area (Å²) in [7, 11) is 0. The van der Waals surface area contributed by atoms with E-state index < -0.39 is 0 Å². The molecule has 0 radical (unpaired) electrons. The molecule has 2 saturated heterocycles. The number of rotatable bonds is 5. The molecule has 2 aromatic carbocycles. The highest BCUT2D eigenvalue weighted by Crippen LogP contribution is 2.45. The van der Waals surface area contributed by atoms with Crippen molar-refractivity contribution in [3.8, 4) is 33.6 Å². The molecule has 0 amide bonds. The number of halogens is 1. The molecule has 2 aliphatic heterocycles. The second-order valence-corrected chi connectivity index (χ2v) is 11.3. The number of fused-ring (bicyclic) bond motifs is 1. The minimum Gasteiger partial charge on any atom is -0.341 e. The number of H-pyrrole nitrogens is 2. The molecule has 6 atom stereocenters. The van der Waals surface area contributed by atoms with E-state index in [0.29, 0.717) is 23.2 Å². The molecule has 1 unspecified atom stereocenters. The van der Waals surface area contributed by atoms with Gasteiger partial charge in [0.05, 0.1) is 29.7 Å². The third-order valence-electron chi connectivity index (χ3n) is 8.44. The Kier molecular flexibility index (Phi) is 5.31. The van der Waals surface area contributed by atoms with Crippen LogP contribution in [0.5, 0.6) is 0 Å². The zero-order valence-corrected chi connectivity index (χ0v) is 21.3. The number of benzene rings is 2. The Hall–Kier alpha value is -2.93. The molecule has 4 N–H and O–H groups in total. The van der Waals surface area contributed by atoms with Crippen molar-refractivity contribution in [1.29, 1.82) is 0 Å². The van der Waals surface area contributed by atoms with Gasteiger partial charge in [0, 0.05) is 17.6 Å². The van der Waals surface area contributed by atoms with Gasteiger partial charge in [0.25, 0.3) is 0 Å². The van der Waals surface area contributed by atoms with E-state index in [1.807, 2.05) is 6.20 Å². The third-order valence-corrected chi connectivity index (χ3v) is 8.71. The summed E-state index contributed by atoms with van der Waals surface area (Å²) in [5, 5.41) is 7.81. The summed E-state index contributed by atoms with van der Waals surface area (Å²) in [6.07, 6.45) is 5.56. The molecule has 4 heterocycles. The van der Waals surface area contributed by atoms with E-state index in [9.17, 15) is 0 Å². The van der Waals surface area contributed by atoms with Gasteiger partial charge in [-0.05, 0) is 54.7 Å². The summed E-state index contributed by atoms with van der Waals surface area (Å²) in [4.78, 5) is 16.3. The fourth-order valence-electron chi connectivity index (χ4n) is 5.91. The Labute approximate surface area is 216 Å². The van der Waals surface area contributed by atoms with Crippen LogP contribution >= 0.6 is 11.6 Å². The van der Waals surface area contributed by atoms with Crippen molar-refractivity contribution < 1.29 is 0 Å². The summed E-state index contributed by atoms with van der Waals surface area (Å²) in [5.74, 6) is 3.47. The van der Waals surface area contributed by atoms with Crippen molar-refractivity contribution >= 4 is 11.6 Å². The molecule has 0 spiro atoms. The highest BCUT2D eigenvalue weighted by molar-refractivity contribution is 6.31. The molecule has 3 fully saturated rings. The zero-order chi connectivity index (χ0) is 24.4. The second kappa shape index (κ2) is 8.58. The van der Waals surface area contributed by atoms with Crippen LogP contribution < -0.4 is 10.6 Å². The number of imidazole rings is 2. The maximum absolute atomic E-state index is 6.53. The first-order valence-electron chi connectivity index (χ1n) is 13.1. The standard InChI is InChI=1S/C29H31ClN6/c1-15-11-23(32-16(15)2)29-35-26(27(30)36-29)20-9-5-18(6-10-20)17-3-7-19(8-4-17)25-14-31-28(34-25)24-13-21-12-22(21)33-24/h3-10,14-16,21-24,32-33H,11-13H2,1-2H3,(H,31,34)(H,35,36)/t15?,16-,21-,22-,23+,24+/m1/s1. The molecule has 1 aliphatic carbocycles. The maximum atomic E-state index is 6.53. The third kappa shape index (κ3) is 3.97. The van der Waals surface area contributed by atoms with Gasteiger partial charge in [-0.15, -0.1) is 0 Å². The minimum atomic E-state index is 0.227. The Bertz CT molecular complexity index is 1370. The zero-order valence-electron chi connectivity index (χ0n) is 20.6. The molecular formula is C29H31ClN6.